The number of anilines is 1. The molecule has 1 fully saturated rings. The lowest BCUT2D eigenvalue weighted by Crippen LogP contribution is -2.39. The van der Waals surface area contributed by atoms with Crippen molar-refractivity contribution in [1.82, 2.24) is 9.47 Å². The normalized spacial score (nSPS) is 16.0. The van der Waals surface area contributed by atoms with E-state index in [-0.39, 0.29) is 6.03 Å². The van der Waals surface area contributed by atoms with Crippen molar-refractivity contribution >= 4 is 22.6 Å². The van der Waals surface area contributed by atoms with Crippen LogP contribution in [0.4, 0.5) is 10.5 Å². The topological polar surface area (TPSA) is 46.5 Å². The van der Waals surface area contributed by atoms with Crippen LogP contribution in [0.25, 0.3) is 10.9 Å². The first kappa shape index (κ1) is 18.1. The lowest BCUT2D eigenvalue weighted by atomic mass is 10.0. The molecule has 2 heterocycles. The number of nitrogens with zero attached hydrogens (tertiary/aromatic N) is 2. The van der Waals surface area contributed by atoms with Gasteiger partial charge in [0.25, 0.3) is 0 Å². The number of fused-ring (bicyclic) bond motifs is 3. The zero-order valence-corrected chi connectivity index (χ0v) is 16.9. The third-order valence-electron chi connectivity index (χ3n) is 6.02. The van der Waals surface area contributed by atoms with Gasteiger partial charge in [-0.25, -0.2) is 4.79 Å². The van der Waals surface area contributed by atoms with Gasteiger partial charge in [-0.2, -0.15) is 0 Å². The number of hydrogen-bond donors (Lipinski definition) is 1. The molecule has 2 aliphatic rings. The van der Waals surface area contributed by atoms with Crippen molar-refractivity contribution in [2.45, 2.75) is 39.3 Å². The average molecular weight is 389 g/mol. The molecule has 5 rings (SSSR count). The summed E-state index contributed by atoms with van der Waals surface area (Å²) in [5.41, 5.74) is 4.76. The second-order valence-electron chi connectivity index (χ2n) is 8.03. The van der Waals surface area contributed by atoms with Crippen LogP contribution in [0.15, 0.2) is 48.5 Å². The molecule has 150 valence electrons. The minimum Gasteiger partial charge on any atom is -0.492 e. The van der Waals surface area contributed by atoms with Crippen LogP contribution >= 0.6 is 0 Å². The number of nitrogens with one attached hydrogen (secondary N) is 1. The van der Waals surface area contributed by atoms with Crippen molar-refractivity contribution in [3.8, 4) is 5.75 Å². The van der Waals surface area contributed by atoms with E-state index in [2.05, 4.69) is 34.1 Å². The third kappa shape index (κ3) is 3.46. The molecule has 1 aliphatic heterocycles. The number of para-hydroxylation sites is 3. The molecule has 2 aromatic carbocycles. The van der Waals surface area contributed by atoms with Gasteiger partial charge in [0.2, 0.25) is 0 Å². The Morgan fingerprint density at radius 3 is 2.76 bits per heavy atom. The van der Waals surface area contributed by atoms with Crippen LogP contribution in [0.3, 0.4) is 0 Å². The highest BCUT2D eigenvalue weighted by atomic mass is 16.5. The van der Waals surface area contributed by atoms with Crippen LogP contribution in [-0.2, 0) is 19.5 Å². The Kier molecular flexibility index (Phi) is 4.66. The average Bonchev–Trinajstić information content (AvgIpc) is 3.52. The molecule has 0 unspecified atom stereocenters. The van der Waals surface area contributed by atoms with Gasteiger partial charge in [0, 0.05) is 48.2 Å². The van der Waals surface area contributed by atoms with Crippen molar-refractivity contribution in [3.63, 3.8) is 0 Å². The Hall–Kier alpha value is -2.95. The molecule has 3 aromatic rings. The molecule has 0 radical (unpaired) electrons. The monoisotopic (exact) mass is 389 g/mol. The van der Waals surface area contributed by atoms with Crippen LogP contribution in [0.5, 0.6) is 5.75 Å². The third-order valence-corrected chi connectivity index (χ3v) is 6.02. The Morgan fingerprint density at radius 1 is 1.14 bits per heavy atom. The van der Waals surface area contributed by atoms with Crippen LogP contribution in [0.2, 0.25) is 0 Å². The van der Waals surface area contributed by atoms with E-state index in [0.717, 1.165) is 31.1 Å². The Bertz CT molecular complexity index is 1050. The first-order valence-corrected chi connectivity index (χ1v) is 10.6. The molecule has 29 heavy (non-hydrogen) atoms. The van der Waals surface area contributed by atoms with Crippen molar-refractivity contribution in [2.24, 2.45) is 5.92 Å². The molecule has 0 spiro atoms. The summed E-state index contributed by atoms with van der Waals surface area (Å²) < 4.78 is 8.16. The predicted octanol–water partition coefficient (Wildman–Crippen LogP) is 5.04. The zero-order chi connectivity index (χ0) is 19.8. The van der Waals surface area contributed by atoms with Gasteiger partial charge in [-0.1, -0.05) is 30.3 Å². The summed E-state index contributed by atoms with van der Waals surface area (Å²) in [6.45, 7) is 5.01. The Labute approximate surface area is 171 Å². The van der Waals surface area contributed by atoms with Crippen LogP contribution < -0.4 is 10.1 Å². The van der Waals surface area contributed by atoms with E-state index in [0.29, 0.717) is 18.9 Å². The summed E-state index contributed by atoms with van der Waals surface area (Å²) in [5, 5.41) is 4.34. The number of hydrogen-bond acceptors (Lipinski definition) is 2. The van der Waals surface area contributed by atoms with Crippen molar-refractivity contribution in [2.75, 3.05) is 18.5 Å². The standard InChI is InChI=1S/C24H27N3O2/c1-2-29-23-10-6-4-8-20(23)25-24(28)26-14-13-22-19(16-26)18-7-3-5-9-21(18)27(22)15-17-11-12-17/h3-10,17H,2,11-16H2,1H3,(H,25,28). The maximum absolute atomic E-state index is 13.0. The predicted molar refractivity (Wildman–Crippen MR) is 115 cm³/mol. The van der Waals surface area contributed by atoms with Gasteiger partial charge in [0.15, 0.2) is 0 Å². The highest BCUT2D eigenvalue weighted by molar-refractivity contribution is 5.92. The van der Waals surface area contributed by atoms with E-state index in [1.165, 1.54) is 35.0 Å². The molecular formula is C24H27N3O2. The first-order valence-electron chi connectivity index (χ1n) is 10.6. The number of benzene rings is 2. The fourth-order valence-corrected chi connectivity index (χ4v) is 4.39. The first-order chi connectivity index (χ1) is 14.2. The van der Waals surface area contributed by atoms with E-state index in [1.54, 1.807) is 0 Å². The second kappa shape index (κ2) is 7.47. The minimum absolute atomic E-state index is 0.0678. The minimum atomic E-state index is -0.0678. The van der Waals surface area contributed by atoms with Crippen LogP contribution in [-0.4, -0.2) is 28.6 Å². The summed E-state index contributed by atoms with van der Waals surface area (Å²) in [7, 11) is 0. The van der Waals surface area contributed by atoms with Crippen LogP contribution in [0, 0.1) is 5.92 Å². The SMILES string of the molecule is CCOc1ccccc1NC(=O)N1CCc2c(c3ccccc3n2CC2CC2)C1. The maximum atomic E-state index is 13.0. The van der Waals surface area contributed by atoms with E-state index < -0.39 is 0 Å². The zero-order valence-electron chi connectivity index (χ0n) is 16.9. The lowest BCUT2D eigenvalue weighted by Gasteiger charge is -2.29. The van der Waals surface area contributed by atoms with Crippen molar-refractivity contribution < 1.29 is 9.53 Å². The van der Waals surface area contributed by atoms with Crippen LogP contribution in [0.1, 0.15) is 31.0 Å². The summed E-state index contributed by atoms with van der Waals surface area (Å²) in [4.78, 5) is 14.9. The van der Waals surface area contributed by atoms with Gasteiger partial charge in [-0.15, -0.1) is 0 Å². The summed E-state index contributed by atoms with van der Waals surface area (Å²) in [6, 6.07) is 16.2. The number of ether oxygens (including phenoxy) is 1. The lowest BCUT2D eigenvalue weighted by molar-refractivity contribution is 0.205. The number of aromatic nitrogens is 1. The molecule has 1 aromatic heterocycles. The maximum Gasteiger partial charge on any atom is 0.322 e. The quantitative estimate of drug-likeness (QED) is 0.664. The molecule has 0 atom stereocenters. The van der Waals surface area contributed by atoms with E-state index in [4.69, 9.17) is 4.74 Å². The summed E-state index contributed by atoms with van der Waals surface area (Å²) in [6.07, 6.45) is 3.58. The molecule has 1 N–H and O–H groups in total. The number of amides is 2. The van der Waals surface area contributed by atoms with Gasteiger partial charge in [-0.3, -0.25) is 0 Å². The number of rotatable bonds is 5. The Morgan fingerprint density at radius 2 is 1.93 bits per heavy atom. The molecule has 2 amide bonds. The smallest absolute Gasteiger partial charge is 0.322 e. The van der Waals surface area contributed by atoms with E-state index in [9.17, 15) is 4.79 Å². The highest BCUT2D eigenvalue weighted by Crippen LogP contribution is 2.37. The Balaban J connectivity index is 1.40. The van der Waals surface area contributed by atoms with Gasteiger partial charge >= 0.3 is 6.03 Å². The molecule has 0 saturated heterocycles. The van der Waals surface area contributed by atoms with E-state index >= 15 is 0 Å². The van der Waals surface area contributed by atoms with Gasteiger partial charge in [0.1, 0.15) is 5.75 Å². The van der Waals surface area contributed by atoms with Crippen molar-refractivity contribution in [3.05, 3.63) is 59.8 Å². The molecular weight excluding hydrogens is 362 g/mol. The summed E-state index contributed by atoms with van der Waals surface area (Å²) >= 11 is 0. The molecule has 5 heteroatoms. The largest absolute Gasteiger partial charge is 0.492 e. The van der Waals surface area contributed by atoms with Gasteiger partial charge in [-0.05, 0) is 43.9 Å². The van der Waals surface area contributed by atoms with E-state index in [1.807, 2.05) is 36.1 Å². The number of urea groups is 1. The summed E-state index contributed by atoms with van der Waals surface area (Å²) in [5.74, 6) is 1.54. The fraction of sp³-hybridized carbons (Fsp3) is 0.375. The number of carbonyl (C=O) groups is 1. The molecule has 0 bridgehead atoms. The van der Waals surface area contributed by atoms with Crippen molar-refractivity contribution in [1.29, 1.82) is 0 Å². The highest BCUT2D eigenvalue weighted by Gasteiger charge is 2.29. The number of carbonyl (C=O) groups excluding carboxylic acids is 1. The van der Waals surface area contributed by atoms with Gasteiger partial charge in [0.05, 0.1) is 12.3 Å². The fourth-order valence-electron chi connectivity index (χ4n) is 4.39. The molecule has 5 nitrogen and oxygen atoms in total. The molecule has 1 saturated carbocycles. The van der Waals surface area contributed by atoms with Gasteiger partial charge < -0.3 is 19.5 Å². The second-order valence-corrected chi connectivity index (χ2v) is 8.03. The molecule has 1 aliphatic carbocycles.